The van der Waals surface area contributed by atoms with Gasteiger partial charge in [0.05, 0.1) is 12.8 Å². The van der Waals surface area contributed by atoms with Crippen LogP contribution in [0.1, 0.15) is 18.7 Å². The van der Waals surface area contributed by atoms with E-state index in [4.69, 9.17) is 10.8 Å². The fourth-order valence-electron chi connectivity index (χ4n) is 1.17. The van der Waals surface area contributed by atoms with Gasteiger partial charge in [0.15, 0.2) is 12.3 Å². The zero-order valence-electron chi connectivity index (χ0n) is 8.69. The van der Waals surface area contributed by atoms with Crippen LogP contribution in [0.5, 0.6) is 0 Å². The van der Waals surface area contributed by atoms with E-state index in [0.717, 1.165) is 5.76 Å². The maximum absolute atomic E-state index is 11.2. The second kappa shape index (κ2) is 5.89. The van der Waals surface area contributed by atoms with E-state index in [0.29, 0.717) is 6.54 Å². The van der Waals surface area contributed by atoms with E-state index in [1.54, 1.807) is 6.26 Å². The molecule has 0 fully saturated rings. The number of carbonyl (C=O) groups is 1. The van der Waals surface area contributed by atoms with Crippen molar-refractivity contribution in [2.45, 2.75) is 13.0 Å². The number of rotatable bonds is 5. The monoisotopic (exact) mass is 207 g/mol. The van der Waals surface area contributed by atoms with Gasteiger partial charge < -0.3 is 15.1 Å². The summed E-state index contributed by atoms with van der Waals surface area (Å²) in [6.45, 7) is 2.61. The molecule has 4 nitrogen and oxygen atoms in total. The molecule has 0 aliphatic rings. The van der Waals surface area contributed by atoms with E-state index in [9.17, 15) is 4.79 Å². The van der Waals surface area contributed by atoms with Gasteiger partial charge in [-0.1, -0.05) is 5.92 Å². The molecule has 80 valence electrons. The zero-order valence-corrected chi connectivity index (χ0v) is 8.69. The van der Waals surface area contributed by atoms with E-state index in [1.165, 1.54) is 0 Å². The number of terminal acetylenes is 1. The molecule has 0 radical (unpaired) electrons. The lowest BCUT2D eigenvalue weighted by Crippen LogP contribution is -2.87. The van der Waals surface area contributed by atoms with Crippen LogP contribution in [0, 0.1) is 12.3 Å². The number of quaternary nitrogens is 1. The van der Waals surface area contributed by atoms with Crippen LogP contribution in [0.25, 0.3) is 0 Å². The van der Waals surface area contributed by atoms with Crippen molar-refractivity contribution in [2.24, 2.45) is 0 Å². The Kier molecular flexibility index (Phi) is 4.45. The first-order chi connectivity index (χ1) is 7.24. The molecule has 0 aromatic carbocycles. The lowest BCUT2D eigenvalue weighted by molar-refractivity contribution is -0.684. The van der Waals surface area contributed by atoms with Gasteiger partial charge in [-0.25, -0.2) is 0 Å². The third-order valence-corrected chi connectivity index (χ3v) is 2.04. The van der Waals surface area contributed by atoms with Crippen molar-refractivity contribution < 1.29 is 14.5 Å². The minimum absolute atomic E-state index is 0.0636. The molecule has 1 aromatic rings. The number of amides is 1. The molecule has 15 heavy (non-hydrogen) atoms. The quantitative estimate of drug-likeness (QED) is 0.649. The highest BCUT2D eigenvalue weighted by Gasteiger charge is 2.12. The van der Waals surface area contributed by atoms with Crippen LogP contribution in [-0.4, -0.2) is 19.0 Å². The van der Waals surface area contributed by atoms with Gasteiger partial charge in [0.1, 0.15) is 6.04 Å². The van der Waals surface area contributed by atoms with Crippen molar-refractivity contribution in [3.63, 3.8) is 0 Å². The third-order valence-electron chi connectivity index (χ3n) is 2.04. The molecule has 0 aliphatic heterocycles. The van der Waals surface area contributed by atoms with Gasteiger partial charge in [0.25, 0.3) is 5.91 Å². The second-order valence-electron chi connectivity index (χ2n) is 3.22. The Labute approximate surface area is 89.0 Å². The number of nitrogens with one attached hydrogen (secondary N) is 1. The minimum atomic E-state index is -0.0636. The Hall–Kier alpha value is -1.73. The Morgan fingerprint density at radius 1 is 1.80 bits per heavy atom. The summed E-state index contributed by atoms with van der Waals surface area (Å²) < 4.78 is 5.21. The van der Waals surface area contributed by atoms with Crippen molar-refractivity contribution in [2.75, 3.05) is 13.1 Å². The largest absolute Gasteiger partial charge is 0.463 e. The van der Waals surface area contributed by atoms with Gasteiger partial charge in [-0.05, 0) is 19.1 Å². The van der Waals surface area contributed by atoms with Gasteiger partial charge in [0.2, 0.25) is 0 Å². The number of nitrogens with two attached hydrogens (primary N) is 1. The maximum atomic E-state index is 11.2. The number of hydrogen-bond donors (Lipinski definition) is 2. The molecule has 0 saturated carbocycles. The first-order valence-corrected chi connectivity index (χ1v) is 4.81. The molecule has 4 heteroatoms. The Bertz CT molecular complexity index is 338. The van der Waals surface area contributed by atoms with Crippen LogP contribution in [0.15, 0.2) is 22.8 Å². The Morgan fingerprint density at radius 3 is 3.20 bits per heavy atom. The molecule has 1 heterocycles. The average molecular weight is 207 g/mol. The van der Waals surface area contributed by atoms with Gasteiger partial charge in [-0.2, -0.15) is 0 Å². The summed E-state index contributed by atoms with van der Waals surface area (Å²) >= 11 is 0. The normalized spacial score (nSPS) is 11.7. The first kappa shape index (κ1) is 11.3. The zero-order chi connectivity index (χ0) is 11.1. The molecule has 0 unspecified atom stereocenters. The predicted molar refractivity (Wildman–Crippen MR) is 55.8 cm³/mol. The van der Waals surface area contributed by atoms with Crippen molar-refractivity contribution in [3.8, 4) is 12.3 Å². The topological polar surface area (TPSA) is 58.9 Å². The highest BCUT2D eigenvalue weighted by molar-refractivity contribution is 5.76. The third kappa shape index (κ3) is 3.88. The van der Waals surface area contributed by atoms with E-state index in [2.05, 4.69) is 11.2 Å². The van der Waals surface area contributed by atoms with Crippen LogP contribution >= 0.6 is 0 Å². The molecule has 1 aromatic heterocycles. The fourth-order valence-corrected chi connectivity index (χ4v) is 1.17. The van der Waals surface area contributed by atoms with Crippen LogP contribution in [0.2, 0.25) is 0 Å². The van der Waals surface area contributed by atoms with Crippen LogP contribution in [0.3, 0.4) is 0 Å². The lowest BCUT2D eigenvalue weighted by atomic mass is 10.2. The standard InChI is InChI=1S/C11H14N2O2/c1-3-6-12-11(14)8-13-9(2)10-5-4-7-15-10/h1,4-5,7,9,13H,6,8H2,2H3,(H,12,14)/p+1/t9-/m0/s1. The maximum Gasteiger partial charge on any atom is 0.275 e. The lowest BCUT2D eigenvalue weighted by Gasteiger charge is -2.07. The molecule has 1 rings (SSSR count). The summed E-state index contributed by atoms with van der Waals surface area (Å²) in [5.41, 5.74) is 0. The van der Waals surface area contributed by atoms with Crippen LogP contribution < -0.4 is 10.6 Å². The summed E-state index contributed by atoms with van der Waals surface area (Å²) in [7, 11) is 0. The van der Waals surface area contributed by atoms with Crippen LogP contribution in [-0.2, 0) is 4.79 Å². The summed E-state index contributed by atoms with van der Waals surface area (Å²) in [4.78, 5) is 11.2. The van der Waals surface area contributed by atoms with E-state index >= 15 is 0 Å². The Morgan fingerprint density at radius 2 is 2.60 bits per heavy atom. The van der Waals surface area contributed by atoms with Crippen molar-refractivity contribution >= 4 is 5.91 Å². The van der Waals surface area contributed by atoms with Gasteiger partial charge in [-0.3, -0.25) is 4.79 Å². The Balaban J connectivity index is 2.26. The highest BCUT2D eigenvalue weighted by Crippen LogP contribution is 2.06. The summed E-state index contributed by atoms with van der Waals surface area (Å²) in [5, 5.41) is 4.49. The van der Waals surface area contributed by atoms with Crippen molar-refractivity contribution in [1.29, 1.82) is 0 Å². The van der Waals surface area contributed by atoms with E-state index in [-0.39, 0.29) is 18.5 Å². The summed E-state index contributed by atoms with van der Waals surface area (Å²) in [6.07, 6.45) is 6.64. The molecule has 0 spiro atoms. The number of furan rings is 1. The van der Waals surface area contributed by atoms with E-state index < -0.39 is 0 Å². The van der Waals surface area contributed by atoms with Crippen molar-refractivity contribution in [3.05, 3.63) is 24.2 Å². The first-order valence-electron chi connectivity index (χ1n) is 4.81. The number of hydrogen-bond acceptors (Lipinski definition) is 2. The smallest absolute Gasteiger partial charge is 0.275 e. The fraction of sp³-hybridized carbons (Fsp3) is 0.364. The van der Waals surface area contributed by atoms with E-state index in [1.807, 2.05) is 24.4 Å². The molecule has 1 amide bonds. The predicted octanol–water partition coefficient (Wildman–Crippen LogP) is -0.347. The molecular weight excluding hydrogens is 192 g/mol. The number of carbonyl (C=O) groups excluding carboxylic acids is 1. The SMILES string of the molecule is C#CCNC(=O)C[NH2+][C@@H](C)c1ccco1. The molecule has 1 atom stereocenters. The van der Waals surface area contributed by atoms with Crippen molar-refractivity contribution in [1.82, 2.24) is 5.32 Å². The summed E-state index contributed by atoms with van der Waals surface area (Å²) in [5.74, 6) is 3.15. The average Bonchev–Trinajstić information content (AvgIpc) is 2.76. The molecule has 0 aliphatic carbocycles. The second-order valence-corrected chi connectivity index (χ2v) is 3.22. The highest BCUT2D eigenvalue weighted by atomic mass is 16.3. The molecule has 0 bridgehead atoms. The summed E-state index contributed by atoms with van der Waals surface area (Å²) in [6, 6.07) is 3.86. The molecule has 0 saturated heterocycles. The van der Waals surface area contributed by atoms with Gasteiger partial charge >= 0.3 is 0 Å². The minimum Gasteiger partial charge on any atom is -0.463 e. The van der Waals surface area contributed by atoms with Crippen LogP contribution in [0.4, 0.5) is 0 Å². The molecular formula is C11H15N2O2+. The van der Waals surface area contributed by atoms with Gasteiger partial charge in [0, 0.05) is 0 Å². The molecule has 3 N–H and O–H groups in total. The van der Waals surface area contributed by atoms with Gasteiger partial charge in [-0.15, -0.1) is 6.42 Å².